The van der Waals surface area contributed by atoms with E-state index in [1.165, 1.54) is 6.42 Å². The fourth-order valence-electron chi connectivity index (χ4n) is 2.07. The molecule has 2 heterocycles. The molecule has 0 amide bonds. The zero-order chi connectivity index (χ0) is 16.1. The van der Waals surface area contributed by atoms with E-state index in [4.69, 9.17) is 9.47 Å². The molecule has 124 valence electrons. The van der Waals surface area contributed by atoms with Crippen molar-refractivity contribution in [1.82, 2.24) is 10.2 Å². The number of anilines is 1. The summed E-state index contributed by atoms with van der Waals surface area (Å²) in [5, 5.41) is 12.6. The molecule has 0 radical (unpaired) electrons. The number of rotatable bonds is 7. The number of nitrogens with one attached hydrogen (secondary N) is 1. The molecule has 0 unspecified atom stereocenters. The summed E-state index contributed by atoms with van der Waals surface area (Å²) in [4.78, 5) is 0. The molecule has 23 heavy (non-hydrogen) atoms. The van der Waals surface area contributed by atoms with Crippen LogP contribution in [0.15, 0.2) is 20.9 Å². The summed E-state index contributed by atoms with van der Waals surface area (Å²) in [6, 6.07) is 4.01. The molecule has 0 atom stereocenters. The number of hydrogen-bond acceptors (Lipinski definition) is 7. The third-order valence-corrected chi connectivity index (χ3v) is 6.08. The first-order valence-corrected chi connectivity index (χ1v) is 10.1. The van der Waals surface area contributed by atoms with Crippen LogP contribution in [0.2, 0.25) is 0 Å². The Morgan fingerprint density at radius 2 is 2.04 bits per heavy atom. The Morgan fingerprint density at radius 1 is 1.26 bits per heavy atom. The highest BCUT2D eigenvalue weighted by atomic mass is 79.9. The minimum Gasteiger partial charge on any atom is -0.486 e. The molecule has 0 aliphatic carbocycles. The van der Waals surface area contributed by atoms with E-state index in [-0.39, 0.29) is 0 Å². The predicted octanol–water partition coefficient (Wildman–Crippen LogP) is 4.58. The Bertz CT molecular complexity index is 666. The molecule has 3 rings (SSSR count). The number of fused-ring (bicyclic) bond motifs is 1. The van der Waals surface area contributed by atoms with Crippen molar-refractivity contribution in [3.05, 3.63) is 22.2 Å². The Morgan fingerprint density at radius 3 is 2.83 bits per heavy atom. The monoisotopic (exact) mass is 415 g/mol. The lowest BCUT2D eigenvalue weighted by molar-refractivity contribution is 0.171. The fourth-order valence-corrected chi connectivity index (χ4v) is 4.48. The average molecular weight is 416 g/mol. The van der Waals surface area contributed by atoms with Crippen LogP contribution in [0, 0.1) is 0 Å². The van der Waals surface area contributed by atoms with Gasteiger partial charge >= 0.3 is 0 Å². The smallest absolute Gasteiger partial charge is 0.206 e. The van der Waals surface area contributed by atoms with Crippen molar-refractivity contribution in [2.24, 2.45) is 0 Å². The molecule has 1 aromatic heterocycles. The molecule has 5 nitrogen and oxygen atoms in total. The van der Waals surface area contributed by atoms with Gasteiger partial charge in [-0.2, -0.15) is 0 Å². The molecule has 1 aromatic carbocycles. The Hall–Kier alpha value is -0.990. The zero-order valence-electron chi connectivity index (χ0n) is 12.8. The number of ether oxygens (including phenoxy) is 2. The number of halogens is 1. The maximum Gasteiger partial charge on any atom is 0.206 e. The van der Waals surface area contributed by atoms with Crippen molar-refractivity contribution in [2.45, 2.75) is 29.9 Å². The van der Waals surface area contributed by atoms with Gasteiger partial charge in [0.25, 0.3) is 0 Å². The van der Waals surface area contributed by atoms with Crippen LogP contribution in [0.3, 0.4) is 0 Å². The summed E-state index contributed by atoms with van der Waals surface area (Å²) in [6.07, 6.45) is 2.32. The lowest BCUT2D eigenvalue weighted by atomic mass is 10.2. The number of hydrogen-bond donors (Lipinski definition) is 1. The van der Waals surface area contributed by atoms with E-state index < -0.39 is 0 Å². The van der Waals surface area contributed by atoms with E-state index in [1.807, 2.05) is 12.1 Å². The molecule has 1 N–H and O–H groups in total. The minimum atomic E-state index is 0.602. The summed E-state index contributed by atoms with van der Waals surface area (Å²) >= 11 is 6.87. The van der Waals surface area contributed by atoms with Gasteiger partial charge in [0.1, 0.15) is 13.2 Å². The highest BCUT2D eigenvalue weighted by Gasteiger charge is 2.15. The van der Waals surface area contributed by atoms with Crippen LogP contribution in [-0.2, 0) is 5.75 Å². The van der Waals surface area contributed by atoms with Gasteiger partial charge in [0, 0.05) is 16.8 Å². The standard InChI is InChI=1S/C15H18BrN3O2S2/c1-2-3-4-17-14-18-19-15(23-14)22-9-10-7-12-13(8-11(10)16)21-6-5-20-12/h7-8H,2-6,9H2,1H3,(H,17,18). The molecule has 1 aliphatic heterocycles. The minimum absolute atomic E-state index is 0.602. The van der Waals surface area contributed by atoms with Crippen LogP contribution in [0.1, 0.15) is 25.3 Å². The van der Waals surface area contributed by atoms with Crippen molar-refractivity contribution in [3.8, 4) is 11.5 Å². The van der Waals surface area contributed by atoms with Crippen LogP contribution < -0.4 is 14.8 Å². The molecule has 1 aliphatic rings. The normalized spacial score (nSPS) is 13.1. The Labute approximate surface area is 152 Å². The number of thioether (sulfide) groups is 1. The lowest BCUT2D eigenvalue weighted by Gasteiger charge is -2.19. The predicted molar refractivity (Wildman–Crippen MR) is 98.0 cm³/mol. The average Bonchev–Trinajstić information content (AvgIpc) is 3.01. The highest BCUT2D eigenvalue weighted by Crippen LogP contribution is 2.38. The topological polar surface area (TPSA) is 56.3 Å². The van der Waals surface area contributed by atoms with Gasteiger partial charge in [-0.3, -0.25) is 0 Å². The fraction of sp³-hybridized carbons (Fsp3) is 0.467. The number of benzene rings is 1. The quantitative estimate of drug-likeness (QED) is 0.527. The Kier molecular flexibility index (Phi) is 6.02. The van der Waals surface area contributed by atoms with E-state index in [1.54, 1.807) is 23.1 Å². The zero-order valence-corrected chi connectivity index (χ0v) is 16.0. The summed E-state index contributed by atoms with van der Waals surface area (Å²) in [5.41, 5.74) is 1.16. The molecule has 2 aromatic rings. The van der Waals surface area contributed by atoms with Crippen molar-refractivity contribution < 1.29 is 9.47 Å². The summed E-state index contributed by atoms with van der Waals surface area (Å²) in [6.45, 7) is 4.33. The van der Waals surface area contributed by atoms with Crippen LogP contribution in [0.5, 0.6) is 11.5 Å². The number of aromatic nitrogens is 2. The second-order valence-electron chi connectivity index (χ2n) is 5.03. The van der Waals surface area contributed by atoms with Gasteiger partial charge in [-0.1, -0.05) is 52.4 Å². The van der Waals surface area contributed by atoms with Crippen molar-refractivity contribution in [2.75, 3.05) is 25.1 Å². The van der Waals surface area contributed by atoms with Crippen LogP contribution in [-0.4, -0.2) is 30.0 Å². The first-order chi connectivity index (χ1) is 11.3. The van der Waals surface area contributed by atoms with Crippen molar-refractivity contribution >= 4 is 44.2 Å². The molecule has 0 saturated carbocycles. The maximum atomic E-state index is 5.64. The number of unbranched alkanes of at least 4 members (excludes halogenated alkanes) is 1. The number of nitrogens with zero attached hydrogens (tertiary/aromatic N) is 2. The van der Waals surface area contributed by atoms with Crippen LogP contribution in [0.4, 0.5) is 5.13 Å². The van der Waals surface area contributed by atoms with Gasteiger partial charge in [0.15, 0.2) is 15.8 Å². The molecule has 0 fully saturated rings. The van der Waals surface area contributed by atoms with Crippen LogP contribution >= 0.6 is 39.0 Å². The summed E-state index contributed by atoms with van der Waals surface area (Å²) in [5.74, 6) is 2.42. The lowest BCUT2D eigenvalue weighted by Crippen LogP contribution is -2.15. The third-order valence-electron chi connectivity index (χ3n) is 3.28. The Balaban J connectivity index is 1.60. The largest absolute Gasteiger partial charge is 0.486 e. The summed E-state index contributed by atoms with van der Waals surface area (Å²) in [7, 11) is 0. The van der Waals surface area contributed by atoms with E-state index in [9.17, 15) is 0 Å². The second-order valence-corrected chi connectivity index (χ2v) is 8.08. The van der Waals surface area contributed by atoms with Crippen molar-refractivity contribution in [3.63, 3.8) is 0 Å². The van der Waals surface area contributed by atoms with Gasteiger partial charge < -0.3 is 14.8 Å². The first-order valence-electron chi connectivity index (χ1n) is 7.54. The van der Waals surface area contributed by atoms with E-state index in [2.05, 4.69) is 38.4 Å². The van der Waals surface area contributed by atoms with Crippen molar-refractivity contribution in [1.29, 1.82) is 0 Å². The maximum absolute atomic E-state index is 5.64. The van der Waals surface area contributed by atoms with E-state index in [0.29, 0.717) is 13.2 Å². The molecule has 0 saturated heterocycles. The molecule has 0 bridgehead atoms. The molecular formula is C15H18BrN3O2S2. The first kappa shape index (κ1) is 16.9. The van der Waals surface area contributed by atoms with Gasteiger partial charge in [0.2, 0.25) is 5.13 Å². The van der Waals surface area contributed by atoms with Gasteiger partial charge in [0.05, 0.1) is 0 Å². The molecule has 0 spiro atoms. The van der Waals surface area contributed by atoms with Gasteiger partial charge in [-0.05, 0) is 24.1 Å². The van der Waals surface area contributed by atoms with Gasteiger partial charge in [-0.25, -0.2) is 0 Å². The molecular weight excluding hydrogens is 398 g/mol. The van der Waals surface area contributed by atoms with Gasteiger partial charge in [-0.15, -0.1) is 10.2 Å². The summed E-state index contributed by atoms with van der Waals surface area (Å²) < 4.78 is 13.2. The van der Waals surface area contributed by atoms with Crippen LogP contribution in [0.25, 0.3) is 0 Å². The SMILES string of the molecule is CCCCNc1nnc(SCc2cc3c(cc2Br)OCCO3)s1. The van der Waals surface area contributed by atoms with E-state index in [0.717, 1.165) is 49.7 Å². The third kappa shape index (κ3) is 4.51. The second kappa shape index (κ2) is 8.21. The molecule has 8 heteroatoms. The van der Waals surface area contributed by atoms with E-state index >= 15 is 0 Å². The highest BCUT2D eigenvalue weighted by molar-refractivity contribution is 9.10.